The number of ether oxygens (including phenoxy) is 2. The first-order valence-electron chi connectivity index (χ1n) is 11.4. The molecule has 0 saturated carbocycles. The van der Waals surface area contributed by atoms with Gasteiger partial charge in [-0.25, -0.2) is 0 Å². The lowest BCUT2D eigenvalue weighted by Crippen LogP contribution is -2.17. The second kappa shape index (κ2) is 10.6. The maximum absolute atomic E-state index is 13.2. The second-order valence-corrected chi connectivity index (χ2v) is 7.95. The number of nitrogens with one attached hydrogen (secondary N) is 1. The summed E-state index contributed by atoms with van der Waals surface area (Å²) in [5, 5.41) is 7.62. The Hall–Kier alpha value is -4.85. The fraction of sp³-hybridized carbons (Fsp3) is 0.107. The van der Waals surface area contributed by atoms with E-state index >= 15 is 0 Å². The van der Waals surface area contributed by atoms with Gasteiger partial charge in [0.2, 0.25) is 11.8 Å². The molecule has 0 bridgehead atoms. The molecular weight excluding hydrogens is 456 g/mol. The van der Waals surface area contributed by atoms with E-state index in [1.807, 2.05) is 54.6 Å². The van der Waals surface area contributed by atoms with Gasteiger partial charge in [0.1, 0.15) is 18.1 Å². The number of carbonyl (C=O) groups excluding carboxylic acids is 1. The van der Waals surface area contributed by atoms with Gasteiger partial charge in [-0.3, -0.25) is 4.79 Å². The smallest absolute Gasteiger partial charge is 0.281 e. The highest BCUT2D eigenvalue weighted by Gasteiger charge is 2.20. The first-order chi connectivity index (χ1) is 17.7. The summed E-state index contributed by atoms with van der Waals surface area (Å²) in [5.74, 6) is 2.21. The van der Waals surface area contributed by atoms with Gasteiger partial charge in [0.15, 0.2) is 5.76 Å². The zero-order chi connectivity index (χ0) is 24.7. The van der Waals surface area contributed by atoms with E-state index in [2.05, 4.69) is 15.4 Å². The Kier molecular flexibility index (Phi) is 6.75. The molecule has 2 aromatic heterocycles. The molecule has 2 heterocycles. The molecule has 5 rings (SSSR count). The SMILES string of the molecule is COc1ccc(C(=O)n2nc(-c3ccco3)nc2NCc2ccc(OCc3ccccc3)cc2)cc1. The largest absolute Gasteiger partial charge is 0.497 e. The number of benzene rings is 3. The van der Waals surface area contributed by atoms with Gasteiger partial charge in [-0.1, -0.05) is 42.5 Å². The van der Waals surface area contributed by atoms with Gasteiger partial charge in [-0.05, 0) is 59.7 Å². The summed E-state index contributed by atoms with van der Waals surface area (Å²) in [5.41, 5.74) is 2.55. The minimum Gasteiger partial charge on any atom is -0.497 e. The highest BCUT2D eigenvalue weighted by atomic mass is 16.5. The van der Waals surface area contributed by atoms with Crippen molar-refractivity contribution in [2.75, 3.05) is 12.4 Å². The summed E-state index contributed by atoms with van der Waals surface area (Å²) >= 11 is 0. The third kappa shape index (κ3) is 5.28. The summed E-state index contributed by atoms with van der Waals surface area (Å²) < 4.78 is 17.7. The van der Waals surface area contributed by atoms with E-state index in [0.29, 0.717) is 42.0 Å². The van der Waals surface area contributed by atoms with Crippen molar-refractivity contribution in [3.63, 3.8) is 0 Å². The fourth-order valence-electron chi connectivity index (χ4n) is 3.56. The van der Waals surface area contributed by atoms with Crippen LogP contribution in [-0.4, -0.2) is 27.8 Å². The predicted octanol–water partition coefficient (Wildman–Crippen LogP) is 5.43. The van der Waals surface area contributed by atoms with Crippen LogP contribution < -0.4 is 14.8 Å². The third-order valence-electron chi connectivity index (χ3n) is 5.50. The molecule has 0 amide bonds. The van der Waals surface area contributed by atoms with Crippen LogP contribution in [0.2, 0.25) is 0 Å². The van der Waals surface area contributed by atoms with E-state index in [1.165, 1.54) is 10.9 Å². The summed E-state index contributed by atoms with van der Waals surface area (Å²) in [6.45, 7) is 0.940. The number of nitrogens with zero attached hydrogens (tertiary/aromatic N) is 3. The summed E-state index contributed by atoms with van der Waals surface area (Å²) in [6, 6.07) is 28.1. The number of rotatable bonds is 9. The number of hydrogen-bond donors (Lipinski definition) is 1. The summed E-state index contributed by atoms with van der Waals surface area (Å²) in [7, 11) is 1.58. The minimum absolute atomic E-state index is 0.312. The molecule has 8 nitrogen and oxygen atoms in total. The maximum Gasteiger partial charge on any atom is 0.281 e. The van der Waals surface area contributed by atoms with Gasteiger partial charge < -0.3 is 19.2 Å². The Bertz CT molecular complexity index is 1410. The van der Waals surface area contributed by atoms with Crippen LogP contribution in [0.1, 0.15) is 21.5 Å². The van der Waals surface area contributed by atoms with Crippen LogP contribution in [0, 0.1) is 0 Å². The molecule has 0 aliphatic rings. The van der Waals surface area contributed by atoms with Crippen LogP contribution >= 0.6 is 0 Å². The van der Waals surface area contributed by atoms with Crippen LogP contribution in [0.15, 0.2) is 102 Å². The maximum atomic E-state index is 13.2. The van der Waals surface area contributed by atoms with E-state index in [9.17, 15) is 4.79 Å². The van der Waals surface area contributed by atoms with Gasteiger partial charge >= 0.3 is 0 Å². The average Bonchev–Trinajstić information content (AvgIpc) is 3.62. The molecule has 0 aliphatic carbocycles. The summed E-state index contributed by atoms with van der Waals surface area (Å²) in [6.07, 6.45) is 1.54. The molecule has 5 aromatic rings. The zero-order valence-corrected chi connectivity index (χ0v) is 19.6. The first-order valence-corrected chi connectivity index (χ1v) is 11.4. The van der Waals surface area contributed by atoms with Crippen molar-refractivity contribution in [3.05, 3.63) is 114 Å². The topological polar surface area (TPSA) is 91.4 Å². The molecule has 8 heteroatoms. The third-order valence-corrected chi connectivity index (χ3v) is 5.50. The number of anilines is 1. The Morgan fingerprint density at radius 3 is 2.33 bits per heavy atom. The van der Waals surface area contributed by atoms with Crippen LogP contribution in [-0.2, 0) is 13.2 Å². The number of hydrogen-bond acceptors (Lipinski definition) is 7. The molecule has 3 aromatic carbocycles. The van der Waals surface area contributed by atoms with E-state index < -0.39 is 0 Å². The Balaban J connectivity index is 1.31. The van der Waals surface area contributed by atoms with Gasteiger partial charge in [0, 0.05) is 12.1 Å². The molecule has 1 N–H and O–H groups in total. The van der Waals surface area contributed by atoms with Crippen molar-refractivity contribution < 1.29 is 18.7 Å². The number of carbonyl (C=O) groups is 1. The fourth-order valence-corrected chi connectivity index (χ4v) is 3.56. The molecule has 0 saturated heterocycles. The summed E-state index contributed by atoms with van der Waals surface area (Å²) in [4.78, 5) is 17.7. The normalized spacial score (nSPS) is 10.7. The lowest BCUT2D eigenvalue weighted by Gasteiger charge is -2.09. The minimum atomic E-state index is -0.324. The van der Waals surface area contributed by atoms with Crippen LogP contribution in [0.4, 0.5) is 5.95 Å². The zero-order valence-electron chi connectivity index (χ0n) is 19.6. The van der Waals surface area contributed by atoms with Crippen molar-refractivity contribution in [1.82, 2.24) is 14.8 Å². The highest BCUT2D eigenvalue weighted by molar-refractivity contribution is 5.97. The second-order valence-electron chi connectivity index (χ2n) is 7.95. The lowest BCUT2D eigenvalue weighted by atomic mass is 10.2. The molecule has 0 unspecified atom stereocenters. The van der Waals surface area contributed by atoms with Gasteiger partial charge in [0.05, 0.1) is 13.4 Å². The Morgan fingerprint density at radius 1 is 0.889 bits per heavy atom. The van der Waals surface area contributed by atoms with E-state index in [-0.39, 0.29) is 5.91 Å². The molecule has 0 atom stereocenters. The number of methoxy groups -OCH3 is 1. The van der Waals surface area contributed by atoms with Crippen LogP contribution in [0.3, 0.4) is 0 Å². The van der Waals surface area contributed by atoms with Crippen molar-refractivity contribution in [2.24, 2.45) is 0 Å². The molecule has 0 aliphatic heterocycles. The van der Waals surface area contributed by atoms with Crippen molar-refractivity contribution in [1.29, 1.82) is 0 Å². The Morgan fingerprint density at radius 2 is 1.64 bits per heavy atom. The lowest BCUT2D eigenvalue weighted by molar-refractivity contribution is 0.0947. The monoisotopic (exact) mass is 480 g/mol. The van der Waals surface area contributed by atoms with Gasteiger partial charge in [0.25, 0.3) is 5.91 Å². The van der Waals surface area contributed by atoms with Crippen molar-refractivity contribution in [3.8, 4) is 23.1 Å². The average molecular weight is 481 g/mol. The van der Waals surface area contributed by atoms with Crippen molar-refractivity contribution in [2.45, 2.75) is 13.2 Å². The molecular formula is C28H24N4O4. The van der Waals surface area contributed by atoms with Gasteiger partial charge in [-0.15, -0.1) is 5.10 Å². The predicted molar refractivity (Wildman–Crippen MR) is 135 cm³/mol. The standard InChI is InChI=1S/C28H24N4O4/c1-34-23-15-11-22(12-16-23)27(33)32-28(30-26(31-32)25-8-5-17-35-25)29-18-20-9-13-24(14-10-20)36-19-21-6-3-2-4-7-21/h2-17H,18-19H2,1H3,(H,29,30,31). The molecule has 0 radical (unpaired) electrons. The van der Waals surface area contributed by atoms with Crippen LogP contribution in [0.25, 0.3) is 11.6 Å². The molecule has 0 spiro atoms. The highest BCUT2D eigenvalue weighted by Crippen LogP contribution is 2.21. The van der Waals surface area contributed by atoms with E-state index in [0.717, 1.165) is 16.9 Å². The van der Waals surface area contributed by atoms with E-state index in [4.69, 9.17) is 13.9 Å². The molecule has 180 valence electrons. The quantitative estimate of drug-likeness (QED) is 0.301. The van der Waals surface area contributed by atoms with Crippen LogP contribution in [0.5, 0.6) is 11.5 Å². The van der Waals surface area contributed by atoms with E-state index in [1.54, 1.807) is 43.5 Å². The molecule has 36 heavy (non-hydrogen) atoms. The number of aromatic nitrogens is 3. The first kappa shape index (κ1) is 22.9. The molecule has 0 fully saturated rings. The Labute approximate surface area is 208 Å². The number of furan rings is 1. The van der Waals surface area contributed by atoms with Crippen molar-refractivity contribution >= 4 is 11.9 Å². The van der Waals surface area contributed by atoms with Gasteiger partial charge in [-0.2, -0.15) is 9.67 Å².